The molecule has 0 saturated heterocycles. The van der Waals surface area contributed by atoms with Gasteiger partial charge in [0.2, 0.25) is 5.91 Å². The Hall–Kier alpha value is -3.10. The quantitative estimate of drug-likeness (QED) is 0.0243. The van der Waals surface area contributed by atoms with Gasteiger partial charge in [0.15, 0.2) is 0 Å². The maximum atomic E-state index is 13.0. The molecule has 0 fully saturated rings. The van der Waals surface area contributed by atoms with E-state index in [2.05, 4.69) is 129 Å². The van der Waals surface area contributed by atoms with E-state index in [1.807, 2.05) is 27.2 Å². The van der Waals surface area contributed by atoms with E-state index >= 15 is 0 Å². The standard InChI is InChI=1S/C72H127N2O6P/c1-6-8-10-12-14-16-18-20-22-24-26-28-30-32-34-35-36-37-38-40-41-43-45-47-49-51-53-55-57-59-61-63-65-71(75)70(69-80-81(77,78)79-68-67-74(3,4)5)73-72(76)66-64-62-60-58-56-54-52-50-48-46-44-42-39-33-31-29-27-25-23-21-19-17-15-13-11-9-7-2/h9,11,15,17,21,23,27,29,33,39,44,46-47,49-50,52,55,57,63,65,70-71,75H,6-8,10,12-14,16,18-20,22,24-26,28,30-32,34-38,40-43,45,48,51,53-54,56,58-62,64,66-69H2,1-5H3,(H-,73,76,77,78)/p+1/b11-9-,17-15-,23-21-,29-27-,39-33-,46-44-,49-47+,52-50-,57-55+,65-63+. The third-order valence-corrected chi connectivity index (χ3v) is 15.4. The van der Waals surface area contributed by atoms with Crippen LogP contribution < -0.4 is 5.32 Å². The summed E-state index contributed by atoms with van der Waals surface area (Å²) < 4.78 is 23.7. The van der Waals surface area contributed by atoms with E-state index in [-0.39, 0.29) is 19.1 Å². The van der Waals surface area contributed by atoms with E-state index in [4.69, 9.17) is 9.05 Å². The highest BCUT2D eigenvalue weighted by Crippen LogP contribution is 2.43. The lowest BCUT2D eigenvalue weighted by atomic mass is 10.0. The number of allylic oxidation sites excluding steroid dienone is 19. The number of rotatable bonds is 60. The van der Waals surface area contributed by atoms with Crippen LogP contribution in [0.4, 0.5) is 0 Å². The highest BCUT2D eigenvalue weighted by atomic mass is 31.2. The summed E-state index contributed by atoms with van der Waals surface area (Å²) >= 11 is 0. The zero-order valence-corrected chi connectivity index (χ0v) is 54.1. The normalized spacial score (nSPS) is 14.5. The van der Waals surface area contributed by atoms with E-state index in [1.54, 1.807) is 6.08 Å². The maximum Gasteiger partial charge on any atom is 0.472 e. The Kier molecular flexibility index (Phi) is 59.1. The number of hydrogen-bond acceptors (Lipinski definition) is 5. The Labute approximate surface area is 501 Å². The number of nitrogens with one attached hydrogen (secondary N) is 1. The Morgan fingerprint density at radius 2 is 0.753 bits per heavy atom. The molecule has 0 radical (unpaired) electrons. The zero-order chi connectivity index (χ0) is 59.1. The molecule has 3 unspecified atom stereocenters. The van der Waals surface area contributed by atoms with E-state index in [1.165, 1.54) is 148 Å². The fourth-order valence-electron chi connectivity index (χ4n) is 9.23. The summed E-state index contributed by atoms with van der Waals surface area (Å²) in [7, 11) is 1.52. The number of phosphoric ester groups is 1. The number of phosphoric acid groups is 1. The van der Waals surface area contributed by atoms with Crippen LogP contribution in [0.2, 0.25) is 0 Å². The minimum atomic E-state index is -4.38. The molecule has 8 nitrogen and oxygen atoms in total. The van der Waals surface area contributed by atoms with Crippen LogP contribution in [0.1, 0.15) is 277 Å². The summed E-state index contributed by atoms with van der Waals surface area (Å²) in [6.45, 7) is 4.67. The number of carbonyl (C=O) groups excluding carboxylic acids is 1. The minimum absolute atomic E-state index is 0.0425. The average Bonchev–Trinajstić information content (AvgIpc) is 3.43. The smallest absolute Gasteiger partial charge is 0.387 e. The van der Waals surface area contributed by atoms with Crippen LogP contribution in [-0.4, -0.2) is 73.4 Å². The summed E-state index contributed by atoms with van der Waals surface area (Å²) in [5, 5.41) is 13.9. The third kappa shape index (κ3) is 64.3. The molecule has 466 valence electrons. The van der Waals surface area contributed by atoms with Crippen LogP contribution in [-0.2, 0) is 18.4 Å². The van der Waals surface area contributed by atoms with Crippen molar-refractivity contribution >= 4 is 13.7 Å². The van der Waals surface area contributed by atoms with Gasteiger partial charge >= 0.3 is 7.82 Å². The van der Waals surface area contributed by atoms with E-state index in [0.29, 0.717) is 17.4 Å². The fourth-order valence-corrected chi connectivity index (χ4v) is 9.97. The second-order valence-electron chi connectivity index (χ2n) is 23.4. The second-order valence-corrected chi connectivity index (χ2v) is 24.9. The van der Waals surface area contributed by atoms with Crippen molar-refractivity contribution in [2.75, 3.05) is 40.9 Å². The topological polar surface area (TPSA) is 105 Å². The van der Waals surface area contributed by atoms with Crippen LogP contribution in [0.5, 0.6) is 0 Å². The molecule has 0 rings (SSSR count). The molecule has 0 heterocycles. The predicted octanol–water partition coefficient (Wildman–Crippen LogP) is 21.3. The molecular weight excluding hydrogens is 1020 g/mol. The highest BCUT2D eigenvalue weighted by Gasteiger charge is 2.27. The van der Waals surface area contributed by atoms with Gasteiger partial charge in [-0.1, -0.05) is 289 Å². The first kappa shape index (κ1) is 77.9. The van der Waals surface area contributed by atoms with Crippen molar-refractivity contribution in [3.8, 4) is 0 Å². The van der Waals surface area contributed by atoms with Crippen molar-refractivity contribution in [2.24, 2.45) is 0 Å². The van der Waals surface area contributed by atoms with Gasteiger partial charge in [-0.25, -0.2) is 4.57 Å². The van der Waals surface area contributed by atoms with Crippen molar-refractivity contribution in [2.45, 2.75) is 289 Å². The Balaban J connectivity index is 4.25. The first-order chi connectivity index (χ1) is 39.5. The number of aliphatic hydroxyl groups is 1. The average molecular weight is 1150 g/mol. The molecule has 0 aromatic heterocycles. The molecule has 3 N–H and O–H groups in total. The number of aliphatic hydroxyl groups excluding tert-OH is 1. The molecule has 9 heteroatoms. The molecule has 0 aliphatic heterocycles. The first-order valence-electron chi connectivity index (χ1n) is 33.4. The summed E-state index contributed by atoms with van der Waals surface area (Å²) in [6.07, 6.45) is 92.0. The van der Waals surface area contributed by atoms with Crippen LogP contribution in [0.15, 0.2) is 122 Å². The fraction of sp³-hybridized carbons (Fsp3) is 0.708. The molecule has 0 bridgehead atoms. The third-order valence-electron chi connectivity index (χ3n) is 14.4. The first-order valence-corrected chi connectivity index (χ1v) is 34.9. The number of unbranched alkanes of at least 4 members (excludes halogenated alkanes) is 29. The van der Waals surface area contributed by atoms with Crippen molar-refractivity contribution in [3.63, 3.8) is 0 Å². The molecule has 0 aliphatic carbocycles. The number of amides is 1. The van der Waals surface area contributed by atoms with Crippen LogP contribution in [0.3, 0.4) is 0 Å². The number of hydrogen-bond donors (Lipinski definition) is 3. The molecular formula is C72H128N2O6P+. The summed E-state index contributed by atoms with van der Waals surface area (Å²) in [6, 6.07) is -0.892. The van der Waals surface area contributed by atoms with E-state index < -0.39 is 20.0 Å². The molecule has 1 amide bonds. The monoisotopic (exact) mass is 1150 g/mol. The lowest BCUT2D eigenvalue weighted by Gasteiger charge is -2.25. The van der Waals surface area contributed by atoms with Crippen LogP contribution in [0.25, 0.3) is 0 Å². The number of carbonyl (C=O) groups is 1. The molecule has 0 spiro atoms. The summed E-state index contributed by atoms with van der Waals surface area (Å²) in [5.74, 6) is -0.213. The van der Waals surface area contributed by atoms with Crippen molar-refractivity contribution < 1.29 is 32.9 Å². The Morgan fingerprint density at radius 1 is 0.432 bits per heavy atom. The van der Waals surface area contributed by atoms with Crippen LogP contribution in [0, 0.1) is 0 Å². The lowest BCUT2D eigenvalue weighted by Crippen LogP contribution is -2.45. The molecule has 0 saturated carbocycles. The van der Waals surface area contributed by atoms with Gasteiger partial charge in [-0.05, 0) is 103 Å². The van der Waals surface area contributed by atoms with E-state index in [9.17, 15) is 19.4 Å². The SMILES string of the molecule is CC/C=C\C/C=C\C/C=C\C/C=C\C/C=C\C/C=C\C/C=C\CCCCCCCC(=O)NC(COP(=O)(O)OCC[N+](C)(C)C)C(O)/C=C/CC/C=C/CC/C=C/CCCCCCCCCCCCCCCCCCCCCCCC. The number of quaternary nitrogens is 1. The highest BCUT2D eigenvalue weighted by molar-refractivity contribution is 7.47. The number of likely N-dealkylation sites (N-methyl/N-ethyl adjacent to an activating group) is 1. The predicted molar refractivity (Wildman–Crippen MR) is 355 cm³/mol. The van der Waals surface area contributed by atoms with Crippen LogP contribution >= 0.6 is 7.82 Å². The van der Waals surface area contributed by atoms with Crippen molar-refractivity contribution in [1.82, 2.24) is 5.32 Å². The van der Waals surface area contributed by atoms with Gasteiger partial charge < -0.3 is 19.8 Å². The molecule has 3 atom stereocenters. The van der Waals surface area contributed by atoms with Crippen molar-refractivity contribution in [1.29, 1.82) is 0 Å². The van der Waals surface area contributed by atoms with Crippen molar-refractivity contribution in [3.05, 3.63) is 122 Å². The largest absolute Gasteiger partial charge is 0.472 e. The lowest BCUT2D eigenvalue weighted by molar-refractivity contribution is -0.870. The summed E-state index contributed by atoms with van der Waals surface area (Å²) in [5.41, 5.74) is 0. The van der Waals surface area contributed by atoms with Gasteiger partial charge in [-0.2, -0.15) is 0 Å². The molecule has 0 aliphatic rings. The van der Waals surface area contributed by atoms with Gasteiger partial charge in [0.1, 0.15) is 13.2 Å². The minimum Gasteiger partial charge on any atom is -0.387 e. The van der Waals surface area contributed by atoms with Gasteiger partial charge in [-0.3, -0.25) is 13.8 Å². The number of nitrogens with zero attached hydrogens (tertiary/aromatic N) is 1. The van der Waals surface area contributed by atoms with Gasteiger partial charge in [-0.15, -0.1) is 0 Å². The summed E-state index contributed by atoms with van der Waals surface area (Å²) in [4.78, 5) is 23.4. The molecule has 0 aromatic rings. The zero-order valence-electron chi connectivity index (χ0n) is 53.2. The van der Waals surface area contributed by atoms with Gasteiger partial charge in [0.05, 0.1) is 39.9 Å². The van der Waals surface area contributed by atoms with Gasteiger partial charge in [0, 0.05) is 6.42 Å². The Bertz CT molecular complexity index is 1730. The second kappa shape index (κ2) is 61.5. The Morgan fingerprint density at radius 3 is 1.14 bits per heavy atom. The van der Waals surface area contributed by atoms with Gasteiger partial charge in [0.25, 0.3) is 0 Å². The molecule has 0 aromatic carbocycles. The molecule has 81 heavy (non-hydrogen) atoms. The van der Waals surface area contributed by atoms with E-state index in [0.717, 1.165) is 109 Å². The maximum absolute atomic E-state index is 13.0.